The Morgan fingerprint density at radius 2 is 0.812 bits per heavy atom. The number of unbranched alkanes of at least 4 members (excludes halogenated alkanes) is 5. The Morgan fingerprint density at radius 1 is 0.487 bits per heavy atom. The van der Waals surface area contributed by atoms with Crippen molar-refractivity contribution in [1.29, 1.82) is 0 Å². The lowest BCUT2D eigenvalue weighted by Crippen LogP contribution is -2.59. The number of likely N-dealkylation sites (N-methyl/N-ethyl adjacent to an activating group) is 2. The van der Waals surface area contributed by atoms with E-state index < -0.39 is 35.0 Å². The number of benzene rings is 4. The van der Waals surface area contributed by atoms with Crippen LogP contribution in [0.4, 0.5) is 0 Å². The molecule has 2 fully saturated rings. The summed E-state index contributed by atoms with van der Waals surface area (Å²) in [6.07, 6.45) is 9.09. The molecule has 0 radical (unpaired) electrons. The SMILES string of the molecule is CN[C@@H](C)C(=O)N[C@H](C(=O)N1CCC[C@@H]1CN(Cc1ccc(-c2ccccc2)cc1)C(=O)CCCCCCCCC(=O)N(Cc1ccc(-c2ccccc2)cc1)C[C@@H]1CCCN1C(=O)[C@@H](NC(=O)[C@H](C)NC)C(C)(C)C)C(C)(C)C. The van der Waals surface area contributed by atoms with Gasteiger partial charge in [-0.1, -0.05) is 176 Å². The lowest BCUT2D eigenvalue weighted by molar-refractivity contribution is -0.142. The molecule has 80 heavy (non-hydrogen) atoms. The largest absolute Gasteiger partial charge is 0.342 e. The average molecular weight is 1100 g/mol. The molecule has 4 aromatic carbocycles. The fourth-order valence-electron chi connectivity index (χ4n) is 11.0. The summed E-state index contributed by atoms with van der Waals surface area (Å²) in [5, 5.41) is 12.0. The first-order valence-corrected chi connectivity index (χ1v) is 29.6. The number of likely N-dealkylation sites (tertiary alicyclic amines) is 2. The average Bonchev–Trinajstić information content (AvgIpc) is 4.14. The number of hydrogen-bond acceptors (Lipinski definition) is 8. The first kappa shape index (κ1) is 62.8. The number of hydrogen-bond donors (Lipinski definition) is 4. The molecule has 2 aliphatic rings. The normalized spacial score (nSPS) is 17.1. The second kappa shape index (κ2) is 29.9. The van der Waals surface area contributed by atoms with Gasteiger partial charge in [0.1, 0.15) is 12.1 Å². The van der Waals surface area contributed by atoms with Crippen LogP contribution in [0.5, 0.6) is 0 Å². The van der Waals surface area contributed by atoms with Crippen LogP contribution in [0.3, 0.4) is 0 Å². The molecule has 6 amide bonds. The zero-order chi connectivity index (χ0) is 58.0. The van der Waals surface area contributed by atoms with E-state index in [0.29, 0.717) is 52.1 Å². The van der Waals surface area contributed by atoms with E-state index in [4.69, 9.17) is 0 Å². The standard InChI is InChI=1S/C66H94N8O6/c1-47(67-9)61(77)69-59(65(3,4)5)63(79)73-41-23-29-55(73)45-71(43-49-33-37-53(38-34-49)51-25-17-15-18-26-51)57(75)31-21-13-11-12-14-22-32-58(76)72(44-50-35-39-54(40-36-50)52-27-19-16-20-28-52)46-56-30-24-42-74(56)64(80)60(66(6,7)8)70-62(78)48(2)68-10/h15-20,25-28,33-40,47-48,55-56,59-60,67-68H,11-14,21-24,29-32,41-46H2,1-10H3,(H,69,77)(H,70,78)/t47-,48-,55-,56+,59+,60+/m0/s1. The summed E-state index contributed by atoms with van der Waals surface area (Å²) in [5.41, 5.74) is 5.45. The van der Waals surface area contributed by atoms with Gasteiger partial charge < -0.3 is 40.9 Å². The predicted octanol–water partition coefficient (Wildman–Crippen LogP) is 9.76. The Balaban J connectivity index is 1.06. The van der Waals surface area contributed by atoms with E-state index in [-0.39, 0.29) is 47.5 Å². The third-order valence-electron chi connectivity index (χ3n) is 16.2. The van der Waals surface area contributed by atoms with Gasteiger partial charge in [0.15, 0.2) is 0 Å². The summed E-state index contributed by atoms with van der Waals surface area (Å²) in [6, 6.07) is 34.5. The highest BCUT2D eigenvalue weighted by molar-refractivity contribution is 5.91. The zero-order valence-corrected chi connectivity index (χ0v) is 49.8. The van der Waals surface area contributed by atoms with E-state index in [1.807, 2.05) is 97.5 Å². The van der Waals surface area contributed by atoms with Crippen LogP contribution in [0.1, 0.15) is 144 Å². The molecule has 4 N–H and O–H groups in total. The number of nitrogens with one attached hydrogen (secondary N) is 4. The van der Waals surface area contributed by atoms with Crippen LogP contribution < -0.4 is 21.3 Å². The topological polar surface area (TPSA) is 163 Å². The highest BCUT2D eigenvalue weighted by atomic mass is 16.2. The number of carbonyl (C=O) groups excluding carboxylic acids is 6. The van der Waals surface area contributed by atoms with Crippen molar-refractivity contribution < 1.29 is 28.8 Å². The van der Waals surface area contributed by atoms with Crippen molar-refractivity contribution >= 4 is 35.4 Å². The first-order valence-electron chi connectivity index (χ1n) is 29.6. The molecule has 0 aromatic heterocycles. The lowest BCUT2D eigenvalue weighted by atomic mass is 9.85. The van der Waals surface area contributed by atoms with Gasteiger partial charge in [-0.3, -0.25) is 28.8 Å². The summed E-state index contributed by atoms with van der Waals surface area (Å²) >= 11 is 0. The molecule has 14 heteroatoms. The van der Waals surface area contributed by atoms with Gasteiger partial charge in [0.25, 0.3) is 0 Å². The molecule has 0 unspecified atom stereocenters. The van der Waals surface area contributed by atoms with Gasteiger partial charge in [-0.2, -0.15) is 0 Å². The molecule has 6 atom stereocenters. The Hall–Kier alpha value is -6.38. The molecular weight excluding hydrogens is 1000 g/mol. The highest BCUT2D eigenvalue weighted by Gasteiger charge is 2.42. The van der Waals surface area contributed by atoms with Crippen LogP contribution in [-0.2, 0) is 41.9 Å². The molecule has 0 spiro atoms. The van der Waals surface area contributed by atoms with Crippen LogP contribution in [0.15, 0.2) is 109 Å². The Morgan fingerprint density at radius 3 is 1.14 bits per heavy atom. The molecule has 6 rings (SSSR count). The first-order chi connectivity index (χ1) is 38.2. The minimum atomic E-state index is -0.719. The van der Waals surface area contributed by atoms with Gasteiger partial charge in [-0.25, -0.2) is 0 Å². The predicted molar refractivity (Wildman–Crippen MR) is 321 cm³/mol. The molecule has 0 bridgehead atoms. The van der Waals surface area contributed by atoms with Gasteiger partial charge in [-0.05, 0) is 111 Å². The van der Waals surface area contributed by atoms with E-state index in [9.17, 15) is 28.8 Å². The van der Waals surface area contributed by atoms with Crippen LogP contribution in [0.2, 0.25) is 0 Å². The monoisotopic (exact) mass is 1090 g/mol. The van der Waals surface area contributed by atoms with Crippen molar-refractivity contribution in [2.75, 3.05) is 40.3 Å². The van der Waals surface area contributed by atoms with Crippen LogP contribution in [0, 0.1) is 10.8 Å². The van der Waals surface area contributed by atoms with Gasteiger partial charge in [0.05, 0.1) is 12.1 Å². The van der Waals surface area contributed by atoms with Crippen molar-refractivity contribution in [2.24, 2.45) is 10.8 Å². The van der Waals surface area contributed by atoms with Crippen molar-refractivity contribution in [3.63, 3.8) is 0 Å². The second-order valence-corrected chi connectivity index (χ2v) is 24.6. The van der Waals surface area contributed by atoms with E-state index >= 15 is 0 Å². The summed E-state index contributed by atoms with van der Waals surface area (Å²) in [5.74, 6) is -0.553. The molecular formula is C66H94N8O6. The quantitative estimate of drug-likeness (QED) is 0.0429. The van der Waals surface area contributed by atoms with Crippen molar-refractivity contribution in [3.05, 3.63) is 120 Å². The maximum atomic E-state index is 14.4. The maximum absolute atomic E-state index is 14.4. The third-order valence-corrected chi connectivity index (χ3v) is 16.2. The fourth-order valence-corrected chi connectivity index (χ4v) is 11.0. The smallest absolute Gasteiger partial charge is 0.246 e. The van der Waals surface area contributed by atoms with E-state index in [1.54, 1.807) is 27.9 Å². The minimum absolute atomic E-state index is 0.0601. The summed E-state index contributed by atoms with van der Waals surface area (Å²) in [6.45, 7) is 18.2. The van der Waals surface area contributed by atoms with E-state index in [2.05, 4.69) is 94.1 Å². The summed E-state index contributed by atoms with van der Waals surface area (Å²) < 4.78 is 0. The zero-order valence-electron chi connectivity index (χ0n) is 49.8. The van der Waals surface area contributed by atoms with Crippen molar-refractivity contribution in [3.8, 4) is 22.3 Å². The molecule has 0 aliphatic carbocycles. The van der Waals surface area contributed by atoms with Crippen molar-refractivity contribution in [1.82, 2.24) is 40.9 Å². The third kappa shape index (κ3) is 18.1. The number of rotatable bonds is 27. The number of amides is 6. The van der Waals surface area contributed by atoms with Gasteiger partial charge in [0, 0.05) is 64.2 Å². The molecule has 2 saturated heterocycles. The van der Waals surface area contributed by atoms with Crippen molar-refractivity contribution in [2.45, 2.75) is 182 Å². The number of nitrogens with zero attached hydrogens (tertiary/aromatic N) is 4. The molecule has 14 nitrogen and oxygen atoms in total. The Bertz CT molecular complexity index is 2430. The molecule has 0 saturated carbocycles. The molecule has 4 aromatic rings. The highest BCUT2D eigenvalue weighted by Crippen LogP contribution is 2.30. The van der Waals surface area contributed by atoms with Crippen LogP contribution in [-0.4, -0.2) is 132 Å². The summed E-state index contributed by atoms with van der Waals surface area (Å²) in [4.78, 5) is 91.3. The van der Waals surface area contributed by atoms with Gasteiger partial charge >= 0.3 is 0 Å². The molecule has 434 valence electrons. The second-order valence-electron chi connectivity index (χ2n) is 24.6. The maximum Gasteiger partial charge on any atom is 0.246 e. The van der Waals surface area contributed by atoms with Gasteiger partial charge in [0.2, 0.25) is 35.4 Å². The van der Waals surface area contributed by atoms with E-state index in [1.165, 1.54) is 0 Å². The Labute approximate surface area is 478 Å². The fraction of sp³-hybridized carbons (Fsp3) is 0.545. The minimum Gasteiger partial charge on any atom is -0.342 e. The summed E-state index contributed by atoms with van der Waals surface area (Å²) in [7, 11) is 3.45. The van der Waals surface area contributed by atoms with Gasteiger partial charge in [-0.15, -0.1) is 0 Å². The Kier molecular flexibility index (Phi) is 23.5. The molecule has 2 aliphatic heterocycles. The van der Waals surface area contributed by atoms with E-state index in [0.717, 1.165) is 97.6 Å². The van der Waals surface area contributed by atoms with Crippen LogP contribution in [0.25, 0.3) is 22.3 Å². The number of carbonyl (C=O) groups is 6. The molecule has 2 heterocycles. The lowest BCUT2D eigenvalue weighted by Gasteiger charge is -2.37. The van der Waals surface area contributed by atoms with Crippen LogP contribution >= 0.6 is 0 Å².